The molecule has 1 aliphatic heterocycles. The van der Waals surface area contributed by atoms with Gasteiger partial charge in [-0.05, 0) is 20.3 Å². The first-order valence-electron chi connectivity index (χ1n) is 6.46. The molecule has 8 heteroatoms. The Kier molecular flexibility index (Phi) is 6.18. The fourth-order valence-corrected chi connectivity index (χ4v) is 3.37. The molecule has 1 heterocycles. The Hall–Kier alpha value is -0.700. The molecule has 1 rings (SSSR count). The molecule has 2 atom stereocenters. The maximum atomic E-state index is 12.0. The summed E-state index contributed by atoms with van der Waals surface area (Å²) in [6, 6.07) is 0. The zero-order chi connectivity index (χ0) is 14.5. The molecule has 1 fully saturated rings. The molecular formula is C11H23N3O4S. The van der Waals surface area contributed by atoms with Crippen LogP contribution in [0.2, 0.25) is 0 Å². The molecule has 1 aliphatic rings. The lowest BCUT2D eigenvalue weighted by Gasteiger charge is -2.34. The van der Waals surface area contributed by atoms with Crippen molar-refractivity contribution in [1.82, 2.24) is 14.3 Å². The summed E-state index contributed by atoms with van der Waals surface area (Å²) in [7, 11) is -3.46. The zero-order valence-electron chi connectivity index (χ0n) is 11.7. The van der Waals surface area contributed by atoms with Crippen LogP contribution in [0.5, 0.6) is 0 Å². The summed E-state index contributed by atoms with van der Waals surface area (Å²) in [6.07, 6.45) is 0.369. The first kappa shape index (κ1) is 16.4. The van der Waals surface area contributed by atoms with Gasteiger partial charge in [-0.3, -0.25) is 4.79 Å². The highest BCUT2D eigenvalue weighted by molar-refractivity contribution is 7.87. The molecule has 0 aromatic heterocycles. The monoisotopic (exact) mass is 293 g/mol. The van der Waals surface area contributed by atoms with E-state index in [-0.39, 0.29) is 18.1 Å². The number of hydrogen-bond donors (Lipinski definition) is 2. The van der Waals surface area contributed by atoms with Gasteiger partial charge in [0, 0.05) is 33.1 Å². The van der Waals surface area contributed by atoms with Crippen LogP contribution in [0.25, 0.3) is 0 Å². The third kappa shape index (κ3) is 5.85. The molecule has 1 saturated heterocycles. The Morgan fingerprint density at radius 2 is 1.84 bits per heavy atom. The zero-order valence-corrected chi connectivity index (χ0v) is 12.5. The highest BCUT2D eigenvalue weighted by Gasteiger charge is 2.30. The number of rotatable bonds is 6. The van der Waals surface area contributed by atoms with Crippen LogP contribution in [0.3, 0.4) is 0 Å². The fourth-order valence-electron chi connectivity index (χ4n) is 1.97. The number of nitrogens with one attached hydrogen (secondary N) is 2. The summed E-state index contributed by atoms with van der Waals surface area (Å²) in [6.45, 7) is 6.65. The second-order valence-corrected chi connectivity index (χ2v) is 6.57. The van der Waals surface area contributed by atoms with Gasteiger partial charge in [-0.1, -0.05) is 0 Å². The Balaban J connectivity index is 2.36. The Morgan fingerprint density at radius 3 is 2.37 bits per heavy atom. The standard InChI is InChI=1S/C11H23N3O4S/c1-9-7-14(8-10(2)18-9)19(16,17)13-6-4-5-12-11(3)15/h9-10,13H,4-8H2,1-3H3,(H,12,15)/t9-,10-/m0/s1. The fraction of sp³-hybridized carbons (Fsp3) is 0.909. The second-order valence-electron chi connectivity index (χ2n) is 4.81. The predicted molar refractivity (Wildman–Crippen MR) is 71.8 cm³/mol. The summed E-state index contributed by atoms with van der Waals surface area (Å²) in [5, 5.41) is 2.62. The van der Waals surface area contributed by atoms with E-state index in [0.717, 1.165) is 0 Å². The van der Waals surface area contributed by atoms with E-state index >= 15 is 0 Å². The van der Waals surface area contributed by atoms with Gasteiger partial charge >= 0.3 is 0 Å². The lowest BCUT2D eigenvalue weighted by atomic mass is 10.3. The Morgan fingerprint density at radius 1 is 1.26 bits per heavy atom. The number of carbonyl (C=O) groups is 1. The molecule has 2 N–H and O–H groups in total. The Labute approximate surface area is 114 Å². The first-order chi connectivity index (χ1) is 8.81. The molecule has 0 bridgehead atoms. The summed E-state index contributed by atoms with van der Waals surface area (Å²) in [5.74, 6) is -0.112. The van der Waals surface area contributed by atoms with Gasteiger partial charge in [0.15, 0.2) is 0 Å². The number of amides is 1. The van der Waals surface area contributed by atoms with Gasteiger partial charge in [0.05, 0.1) is 12.2 Å². The van der Waals surface area contributed by atoms with Crippen LogP contribution in [0.4, 0.5) is 0 Å². The van der Waals surface area contributed by atoms with Crippen LogP contribution in [-0.2, 0) is 19.7 Å². The summed E-state index contributed by atoms with van der Waals surface area (Å²) < 4.78 is 33.5. The van der Waals surface area contributed by atoms with Crippen LogP contribution >= 0.6 is 0 Å². The molecule has 0 aromatic rings. The normalized spacial score (nSPS) is 25.2. The quantitative estimate of drug-likeness (QED) is 0.644. The molecule has 0 unspecified atom stereocenters. The lowest BCUT2D eigenvalue weighted by molar-refractivity contribution is -0.118. The minimum Gasteiger partial charge on any atom is -0.373 e. The number of nitrogens with zero attached hydrogens (tertiary/aromatic N) is 1. The van der Waals surface area contributed by atoms with Crippen molar-refractivity contribution in [2.75, 3.05) is 26.2 Å². The van der Waals surface area contributed by atoms with E-state index in [2.05, 4.69) is 10.0 Å². The van der Waals surface area contributed by atoms with Gasteiger partial charge in [-0.2, -0.15) is 12.7 Å². The first-order valence-corrected chi connectivity index (χ1v) is 7.90. The van der Waals surface area contributed by atoms with Gasteiger partial charge in [0.25, 0.3) is 10.2 Å². The molecule has 0 saturated carbocycles. The number of hydrogen-bond acceptors (Lipinski definition) is 4. The molecule has 0 spiro atoms. The SMILES string of the molecule is CC(=O)NCCCNS(=O)(=O)N1C[C@H](C)O[C@@H](C)C1. The summed E-state index contributed by atoms with van der Waals surface area (Å²) in [5.41, 5.74) is 0. The van der Waals surface area contributed by atoms with Crippen molar-refractivity contribution < 1.29 is 17.9 Å². The maximum absolute atomic E-state index is 12.0. The number of carbonyl (C=O) groups excluding carboxylic acids is 1. The van der Waals surface area contributed by atoms with E-state index in [1.807, 2.05) is 13.8 Å². The summed E-state index contributed by atoms with van der Waals surface area (Å²) in [4.78, 5) is 10.7. The van der Waals surface area contributed by atoms with Gasteiger partial charge < -0.3 is 10.1 Å². The lowest BCUT2D eigenvalue weighted by Crippen LogP contribution is -2.52. The van der Waals surface area contributed by atoms with Crippen molar-refractivity contribution in [3.05, 3.63) is 0 Å². The molecule has 112 valence electrons. The van der Waals surface area contributed by atoms with E-state index in [0.29, 0.717) is 32.6 Å². The largest absolute Gasteiger partial charge is 0.373 e. The van der Waals surface area contributed by atoms with Crippen LogP contribution in [0.1, 0.15) is 27.2 Å². The molecule has 19 heavy (non-hydrogen) atoms. The second kappa shape index (κ2) is 7.18. The molecule has 0 aliphatic carbocycles. The van der Waals surface area contributed by atoms with Crippen molar-refractivity contribution in [2.24, 2.45) is 0 Å². The van der Waals surface area contributed by atoms with Gasteiger partial charge in [0.2, 0.25) is 5.91 Å². The van der Waals surface area contributed by atoms with Crippen LogP contribution in [-0.4, -0.2) is 57.0 Å². The smallest absolute Gasteiger partial charge is 0.279 e. The maximum Gasteiger partial charge on any atom is 0.279 e. The van der Waals surface area contributed by atoms with E-state index in [4.69, 9.17) is 4.74 Å². The molecule has 0 aromatic carbocycles. The van der Waals surface area contributed by atoms with Crippen molar-refractivity contribution in [1.29, 1.82) is 0 Å². The molecule has 0 radical (unpaired) electrons. The van der Waals surface area contributed by atoms with Gasteiger partial charge in [-0.25, -0.2) is 4.72 Å². The van der Waals surface area contributed by atoms with Crippen molar-refractivity contribution >= 4 is 16.1 Å². The third-order valence-corrected chi connectivity index (χ3v) is 4.28. The van der Waals surface area contributed by atoms with Crippen molar-refractivity contribution in [3.8, 4) is 0 Å². The predicted octanol–water partition coefficient (Wildman–Crippen LogP) is -0.544. The van der Waals surface area contributed by atoms with Crippen molar-refractivity contribution in [3.63, 3.8) is 0 Å². The minimum absolute atomic E-state index is 0.0975. The van der Waals surface area contributed by atoms with E-state index in [1.54, 1.807) is 0 Å². The van der Waals surface area contributed by atoms with E-state index in [9.17, 15) is 13.2 Å². The van der Waals surface area contributed by atoms with E-state index in [1.165, 1.54) is 11.2 Å². The van der Waals surface area contributed by atoms with Crippen LogP contribution in [0, 0.1) is 0 Å². The topological polar surface area (TPSA) is 87.7 Å². The third-order valence-electron chi connectivity index (χ3n) is 2.74. The molecule has 1 amide bonds. The highest BCUT2D eigenvalue weighted by Crippen LogP contribution is 2.13. The van der Waals surface area contributed by atoms with Crippen LogP contribution < -0.4 is 10.0 Å². The average molecular weight is 293 g/mol. The van der Waals surface area contributed by atoms with Gasteiger partial charge in [0.1, 0.15) is 0 Å². The van der Waals surface area contributed by atoms with Gasteiger partial charge in [-0.15, -0.1) is 0 Å². The molecular weight excluding hydrogens is 270 g/mol. The molecule has 7 nitrogen and oxygen atoms in total. The summed E-state index contributed by atoms with van der Waals surface area (Å²) >= 11 is 0. The highest BCUT2D eigenvalue weighted by atomic mass is 32.2. The number of ether oxygens (including phenoxy) is 1. The minimum atomic E-state index is -3.46. The van der Waals surface area contributed by atoms with E-state index < -0.39 is 10.2 Å². The van der Waals surface area contributed by atoms with Crippen molar-refractivity contribution in [2.45, 2.75) is 39.4 Å². The van der Waals surface area contributed by atoms with Crippen LogP contribution in [0.15, 0.2) is 0 Å². The Bertz CT molecular complexity index is 389. The average Bonchev–Trinajstić information content (AvgIpc) is 2.26. The number of morpholine rings is 1.